The maximum Gasteiger partial charge on any atom is 0.348 e. The third kappa shape index (κ3) is 2.40. The van der Waals surface area contributed by atoms with Crippen LogP contribution in [0.3, 0.4) is 0 Å². The number of carbonyl (C=O) groups is 3. The number of ketones is 2. The molecule has 0 bridgehead atoms. The van der Waals surface area contributed by atoms with E-state index < -0.39 is 5.97 Å². The molecule has 0 saturated carbocycles. The zero-order valence-corrected chi connectivity index (χ0v) is 14.8. The van der Waals surface area contributed by atoms with Gasteiger partial charge < -0.3 is 4.74 Å². The van der Waals surface area contributed by atoms with E-state index in [0.717, 1.165) is 11.3 Å². The molecule has 4 nitrogen and oxygen atoms in total. The van der Waals surface area contributed by atoms with Gasteiger partial charge in [-0.1, -0.05) is 54.6 Å². The summed E-state index contributed by atoms with van der Waals surface area (Å²) in [6.07, 6.45) is 0. The number of benzene rings is 2. The molecule has 0 unspecified atom stereocenters. The number of rotatable bonds is 3. The first-order valence-corrected chi connectivity index (χ1v) is 9.03. The second kappa shape index (κ2) is 6.35. The molecule has 0 atom stereocenters. The summed E-state index contributed by atoms with van der Waals surface area (Å²) >= 11 is 1.04. The van der Waals surface area contributed by atoms with Gasteiger partial charge in [0.15, 0.2) is 5.78 Å². The fraction of sp³-hybridized carbons (Fsp3) is 0.0952. The van der Waals surface area contributed by atoms with E-state index in [1.54, 1.807) is 31.2 Å². The molecule has 0 N–H and O–H groups in total. The van der Waals surface area contributed by atoms with Crippen LogP contribution in [0.4, 0.5) is 0 Å². The predicted molar refractivity (Wildman–Crippen MR) is 99.0 cm³/mol. The highest BCUT2D eigenvalue weighted by molar-refractivity contribution is 7.17. The van der Waals surface area contributed by atoms with Crippen molar-refractivity contribution in [2.24, 2.45) is 0 Å². The molecule has 0 saturated heterocycles. The molecule has 0 aliphatic heterocycles. The summed E-state index contributed by atoms with van der Waals surface area (Å²) < 4.78 is 5.16. The summed E-state index contributed by atoms with van der Waals surface area (Å²) in [5.74, 6) is -0.982. The molecule has 1 aliphatic carbocycles. The van der Waals surface area contributed by atoms with E-state index in [1.165, 1.54) is 0 Å². The molecular weight excluding hydrogens is 348 g/mol. The third-order valence-electron chi connectivity index (χ3n) is 4.28. The highest BCUT2D eigenvalue weighted by Gasteiger charge is 2.37. The van der Waals surface area contributed by atoms with E-state index in [2.05, 4.69) is 0 Å². The van der Waals surface area contributed by atoms with Gasteiger partial charge in [-0.25, -0.2) is 4.79 Å². The molecule has 26 heavy (non-hydrogen) atoms. The molecule has 1 heterocycles. The summed E-state index contributed by atoms with van der Waals surface area (Å²) in [6.45, 7) is 1.94. The molecule has 3 aromatic rings. The molecule has 1 aliphatic rings. The monoisotopic (exact) mass is 362 g/mol. The highest BCUT2D eigenvalue weighted by atomic mass is 32.1. The Labute approximate surface area is 154 Å². The Hall–Kier alpha value is -3.05. The lowest BCUT2D eigenvalue weighted by Crippen LogP contribution is -2.19. The van der Waals surface area contributed by atoms with Crippen molar-refractivity contribution in [3.63, 3.8) is 0 Å². The SMILES string of the molecule is CCOC(=O)c1sc2c(c1-c1ccccc1)C(=O)c1ccccc1C2=O. The van der Waals surface area contributed by atoms with Crippen LogP contribution >= 0.6 is 11.3 Å². The lowest BCUT2D eigenvalue weighted by atomic mass is 9.85. The Bertz CT molecular complexity index is 1050. The fourth-order valence-electron chi connectivity index (χ4n) is 3.16. The maximum absolute atomic E-state index is 13.1. The van der Waals surface area contributed by atoms with Gasteiger partial charge in [0.2, 0.25) is 5.78 Å². The number of fused-ring (bicyclic) bond motifs is 2. The van der Waals surface area contributed by atoms with E-state index >= 15 is 0 Å². The van der Waals surface area contributed by atoms with Crippen molar-refractivity contribution in [2.75, 3.05) is 6.61 Å². The van der Waals surface area contributed by atoms with Crippen molar-refractivity contribution in [1.29, 1.82) is 0 Å². The van der Waals surface area contributed by atoms with Gasteiger partial charge in [0.05, 0.1) is 17.0 Å². The van der Waals surface area contributed by atoms with E-state index in [4.69, 9.17) is 4.74 Å². The fourth-order valence-corrected chi connectivity index (χ4v) is 4.33. The van der Waals surface area contributed by atoms with Crippen molar-refractivity contribution < 1.29 is 19.1 Å². The summed E-state index contributed by atoms with van der Waals surface area (Å²) in [4.78, 5) is 39.2. The standard InChI is InChI=1S/C21H14O4S/c1-2-25-21(24)20-15(12-8-4-3-5-9-12)16-17(22)13-10-6-7-11-14(13)18(23)19(16)26-20/h3-11H,2H2,1H3. The minimum atomic E-state index is -0.518. The smallest absolute Gasteiger partial charge is 0.348 e. The lowest BCUT2D eigenvalue weighted by Gasteiger charge is -2.15. The van der Waals surface area contributed by atoms with E-state index in [-0.39, 0.29) is 23.1 Å². The molecular formula is C21H14O4S. The van der Waals surface area contributed by atoms with Gasteiger partial charge in [0, 0.05) is 16.7 Å². The van der Waals surface area contributed by atoms with Gasteiger partial charge in [-0.2, -0.15) is 0 Å². The number of ether oxygens (including phenoxy) is 1. The number of hydrogen-bond acceptors (Lipinski definition) is 5. The molecule has 0 spiro atoms. The van der Waals surface area contributed by atoms with Crippen LogP contribution in [0, 0.1) is 0 Å². The zero-order valence-electron chi connectivity index (χ0n) is 13.9. The Morgan fingerprint density at radius 2 is 1.50 bits per heavy atom. The first kappa shape index (κ1) is 16.4. The molecule has 128 valence electrons. The predicted octanol–water partition coefficient (Wildman–Crippen LogP) is 4.37. The first-order valence-electron chi connectivity index (χ1n) is 8.21. The van der Waals surface area contributed by atoms with Gasteiger partial charge in [-0.15, -0.1) is 11.3 Å². The van der Waals surface area contributed by atoms with Crippen molar-refractivity contribution in [2.45, 2.75) is 6.92 Å². The van der Waals surface area contributed by atoms with Crippen molar-refractivity contribution >= 4 is 28.9 Å². The Balaban J connectivity index is 2.02. The maximum atomic E-state index is 13.1. The Kier molecular flexibility index (Phi) is 4.01. The van der Waals surface area contributed by atoms with Crippen molar-refractivity contribution in [3.05, 3.63) is 81.0 Å². The van der Waals surface area contributed by atoms with Gasteiger partial charge in [0.25, 0.3) is 0 Å². The average molecular weight is 362 g/mol. The van der Waals surface area contributed by atoms with Crippen LogP contribution in [-0.2, 0) is 4.74 Å². The second-order valence-electron chi connectivity index (χ2n) is 5.80. The largest absolute Gasteiger partial charge is 0.462 e. The zero-order chi connectivity index (χ0) is 18.3. The van der Waals surface area contributed by atoms with Crippen molar-refractivity contribution in [1.82, 2.24) is 0 Å². The van der Waals surface area contributed by atoms with Crippen LogP contribution in [-0.4, -0.2) is 24.1 Å². The van der Waals surface area contributed by atoms with Crippen LogP contribution in [0.15, 0.2) is 54.6 Å². The minimum Gasteiger partial charge on any atom is -0.462 e. The second-order valence-corrected chi connectivity index (χ2v) is 6.82. The number of hydrogen-bond donors (Lipinski definition) is 0. The molecule has 2 aromatic carbocycles. The Morgan fingerprint density at radius 1 is 0.885 bits per heavy atom. The summed E-state index contributed by atoms with van der Waals surface area (Å²) in [6, 6.07) is 15.9. The molecule has 4 rings (SSSR count). The van der Waals surface area contributed by atoms with Gasteiger partial charge in [-0.3, -0.25) is 9.59 Å². The van der Waals surface area contributed by atoms with Gasteiger partial charge >= 0.3 is 5.97 Å². The molecule has 0 radical (unpaired) electrons. The molecule has 0 fully saturated rings. The van der Waals surface area contributed by atoms with Crippen LogP contribution < -0.4 is 0 Å². The minimum absolute atomic E-state index is 0.220. The van der Waals surface area contributed by atoms with Crippen LogP contribution in [0.1, 0.15) is 47.8 Å². The Morgan fingerprint density at radius 3 is 2.15 bits per heavy atom. The number of carbonyl (C=O) groups excluding carboxylic acids is 3. The normalized spacial score (nSPS) is 12.5. The first-order chi connectivity index (χ1) is 12.6. The van der Waals surface area contributed by atoms with Crippen LogP contribution in [0.5, 0.6) is 0 Å². The summed E-state index contributed by atoms with van der Waals surface area (Å²) in [7, 11) is 0. The van der Waals surface area contributed by atoms with Gasteiger partial charge in [0.1, 0.15) is 4.88 Å². The number of esters is 1. The molecule has 0 amide bonds. The van der Waals surface area contributed by atoms with E-state index in [1.807, 2.05) is 30.3 Å². The van der Waals surface area contributed by atoms with E-state index in [0.29, 0.717) is 32.7 Å². The molecule has 1 aromatic heterocycles. The highest BCUT2D eigenvalue weighted by Crippen LogP contribution is 2.42. The summed E-state index contributed by atoms with van der Waals surface area (Å²) in [5, 5.41) is 0. The lowest BCUT2D eigenvalue weighted by molar-refractivity contribution is 0.0533. The number of thiophene rings is 1. The van der Waals surface area contributed by atoms with Gasteiger partial charge in [-0.05, 0) is 12.5 Å². The molecule has 5 heteroatoms. The topological polar surface area (TPSA) is 60.4 Å². The third-order valence-corrected chi connectivity index (χ3v) is 5.45. The van der Waals surface area contributed by atoms with E-state index in [9.17, 15) is 14.4 Å². The van der Waals surface area contributed by atoms with Crippen molar-refractivity contribution in [3.8, 4) is 11.1 Å². The van der Waals surface area contributed by atoms with Crippen LogP contribution in [0.25, 0.3) is 11.1 Å². The average Bonchev–Trinajstić information content (AvgIpc) is 3.08. The summed E-state index contributed by atoms with van der Waals surface area (Å²) in [5.41, 5.74) is 2.25. The van der Waals surface area contributed by atoms with Crippen LogP contribution in [0.2, 0.25) is 0 Å². The quantitative estimate of drug-likeness (QED) is 0.508.